The van der Waals surface area contributed by atoms with E-state index in [0.29, 0.717) is 6.61 Å². The molecule has 1 atom stereocenters. The van der Waals surface area contributed by atoms with Gasteiger partial charge in [0.25, 0.3) is 0 Å². The number of hydrogen-bond donors (Lipinski definition) is 1. The van der Waals surface area contributed by atoms with E-state index in [-0.39, 0.29) is 5.54 Å². The number of pyridine rings is 1. The molecule has 0 fully saturated rings. The normalized spacial score (nSPS) is 21.3. The van der Waals surface area contributed by atoms with Gasteiger partial charge in [-0.25, -0.2) is 0 Å². The minimum atomic E-state index is -0.339. The zero-order chi connectivity index (χ0) is 14.0. The van der Waals surface area contributed by atoms with Crippen molar-refractivity contribution in [1.82, 2.24) is 4.98 Å². The summed E-state index contributed by atoms with van der Waals surface area (Å²) in [6, 6.07) is 10.6. The van der Waals surface area contributed by atoms with Gasteiger partial charge in [0.2, 0.25) is 0 Å². The highest BCUT2D eigenvalue weighted by Gasteiger charge is 2.32. The Balaban J connectivity index is 1.92. The van der Waals surface area contributed by atoms with Gasteiger partial charge in [-0.3, -0.25) is 4.98 Å². The SMILES string of the molecule is CCOc1cncc(C2(N)CCc3ccccc3C2)c1. The molecule has 0 amide bonds. The number of aromatic nitrogens is 1. The van der Waals surface area contributed by atoms with E-state index in [1.165, 1.54) is 11.1 Å². The summed E-state index contributed by atoms with van der Waals surface area (Å²) in [7, 11) is 0. The summed E-state index contributed by atoms with van der Waals surface area (Å²) in [5.41, 5.74) is 10.2. The Morgan fingerprint density at radius 2 is 2.05 bits per heavy atom. The quantitative estimate of drug-likeness (QED) is 0.931. The molecule has 1 aliphatic carbocycles. The zero-order valence-electron chi connectivity index (χ0n) is 11.8. The van der Waals surface area contributed by atoms with Crippen LogP contribution in [0.25, 0.3) is 0 Å². The summed E-state index contributed by atoms with van der Waals surface area (Å²) < 4.78 is 5.53. The molecule has 104 valence electrons. The van der Waals surface area contributed by atoms with E-state index in [0.717, 1.165) is 30.6 Å². The van der Waals surface area contributed by atoms with Gasteiger partial charge in [0.05, 0.1) is 12.8 Å². The van der Waals surface area contributed by atoms with Gasteiger partial charge >= 0.3 is 0 Å². The highest BCUT2D eigenvalue weighted by Crippen LogP contribution is 2.35. The number of nitrogens with zero attached hydrogens (tertiary/aromatic N) is 1. The molecule has 0 saturated carbocycles. The third-order valence-corrected chi connectivity index (χ3v) is 4.06. The molecule has 20 heavy (non-hydrogen) atoms. The van der Waals surface area contributed by atoms with Crippen molar-refractivity contribution in [3.05, 3.63) is 59.4 Å². The Morgan fingerprint density at radius 1 is 1.25 bits per heavy atom. The Morgan fingerprint density at radius 3 is 2.85 bits per heavy atom. The Labute approximate surface area is 119 Å². The van der Waals surface area contributed by atoms with E-state index in [2.05, 4.69) is 29.2 Å². The number of nitrogens with two attached hydrogens (primary N) is 1. The lowest BCUT2D eigenvalue weighted by atomic mass is 9.75. The van der Waals surface area contributed by atoms with Crippen LogP contribution >= 0.6 is 0 Å². The van der Waals surface area contributed by atoms with Crippen molar-refractivity contribution in [2.24, 2.45) is 5.73 Å². The number of rotatable bonds is 3. The molecule has 2 aromatic rings. The van der Waals surface area contributed by atoms with E-state index in [1.54, 1.807) is 6.20 Å². The summed E-state index contributed by atoms with van der Waals surface area (Å²) in [5.74, 6) is 0.800. The van der Waals surface area contributed by atoms with Gasteiger partial charge in [-0.05, 0) is 48.9 Å². The van der Waals surface area contributed by atoms with Crippen LogP contribution in [0.15, 0.2) is 42.7 Å². The molecule has 0 saturated heterocycles. The van der Waals surface area contributed by atoms with Crippen LogP contribution in [0, 0.1) is 0 Å². The molecule has 1 aromatic carbocycles. The van der Waals surface area contributed by atoms with Crippen molar-refractivity contribution in [2.45, 2.75) is 31.7 Å². The lowest BCUT2D eigenvalue weighted by Crippen LogP contribution is -2.42. The van der Waals surface area contributed by atoms with Gasteiger partial charge in [0, 0.05) is 11.7 Å². The third-order valence-electron chi connectivity index (χ3n) is 4.06. The van der Waals surface area contributed by atoms with Gasteiger partial charge in [-0.1, -0.05) is 24.3 Å². The molecule has 2 N–H and O–H groups in total. The Hall–Kier alpha value is -1.87. The van der Waals surface area contributed by atoms with Crippen LogP contribution in [-0.4, -0.2) is 11.6 Å². The monoisotopic (exact) mass is 268 g/mol. The van der Waals surface area contributed by atoms with E-state index in [4.69, 9.17) is 10.5 Å². The van der Waals surface area contributed by atoms with Gasteiger partial charge in [-0.15, -0.1) is 0 Å². The second kappa shape index (κ2) is 5.25. The van der Waals surface area contributed by atoms with Crippen molar-refractivity contribution < 1.29 is 4.74 Å². The van der Waals surface area contributed by atoms with E-state index in [9.17, 15) is 0 Å². The van der Waals surface area contributed by atoms with Crippen molar-refractivity contribution in [2.75, 3.05) is 6.61 Å². The molecule has 3 nitrogen and oxygen atoms in total. The number of hydrogen-bond acceptors (Lipinski definition) is 3. The number of aryl methyl sites for hydroxylation is 1. The third kappa shape index (κ3) is 2.41. The predicted molar refractivity (Wildman–Crippen MR) is 79.7 cm³/mol. The maximum absolute atomic E-state index is 6.66. The fourth-order valence-corrected chi connectivity index (χ4v) is 2.94. The fraction of sp³-hybridized carbons (Fsp3) is 0.353. The second-order valence-corrected chi connectivity index (χ2v) is 5.44. The summed E-state index contributed by atoms with van der Waals surface area (Å²) in [4.78, 5) is 4.27. The van der Waals surface area contributed by atoms with Crippen molar-refractivity contribution in [1.29, 1.82) is 0 Å². The van der Waals surface area contributed by atoms with Crippen LogP contribution in [0.1, 0.15) is 30.0 Å². The van der Waals surface area contributed by atoms with Gasteiger partial charge in [0.1, 0.15) is 5.75 Å². The summed E-state index contributed by atoms with van der Waals surface area (Å²) in [5, 5.41) is 0. The van der Waals surface area contributed by atoms with E-state index < -0.39 is 0 Å². The molecule has 0 radical (unpaired) electrons. The minimum absolute atomic E-state index is 0.339. The van der Waals surface area contributed by atoms with Crippen LogP contribution in [0.2, 0.25) is 0 Å². The first-order valence-corrected chi connectivity index (χ1v) is 7.15. The Bertz CT molecular complexity index is 611. The van der Waals surface area contributed by atoms with Gasteiger partial charge in [0.15, 0.2) is 0 Å². The van der Waals surface area contributed by atoms with Crippen molar-refractivity contribution in [3.63, 3.8) is 0 Å². The van der Waals surface area contributed by atoms with Gasteiger partial charge in [-0.2, -0.15) is 0 Å². The molecule has 1 aromatic heterocycles. The fourth-order valence-electron chi connectivity index (χ4n) is 2.94. The highest BCUT2D eigenvalue weighted by atomic mass is 16.5. The summed E-state index contributed by atoms with van der Waals surface area (Å²) >= 11 is 0. The maximum Gasteiger partial charge on any atom is 0.137 e. The van der Waals surface area contributed by atoms with Crippen LogP contribution < -0.4 is 10.5 Å². The minimum Gasteiger partial charge on any atom is -0.492 e. The van der Waals surface area contributed by atoms with Crippen molar-refractivity contribution in [3.8, 4) is 5.75 Å². The molecule has 1 aliphatic rings. The highest BCUT2D eigenvalue weighted by molar-refractivity contribution is 5.37. The first-order chi connectivity index (χ1) is 9.71. The average molecular weight is 268 g/mol. The largest absolute Gasteiger partial charge is 0.492 e. The number of ether oxygens (including phenoxy) is 1. The maximum atomic E-state index is 6.66. The van der Waals surface area contributed by atoms with E-state index >= 15 is 0 Å². The average Bonchev–Trinajstić information content (AvgIpc) is 2.48. The molecule has 1 unspecified atom stereocenters. The van der Waals surface area contributed by atoms with Crippen LogP contribution in [0.5, 0.6) is 5.75 Å². The number of fused-ring (bicyclic) bond motifs is 1. The van der Waals surface area contributed by atoms with Crippen molar-refractivity contribution >= 4 is 0 Å². The Kier molecular flexibility index (Phi) is 3.45. The smallest absolute Gasteiger partial charge is 0.137 e. The van der Waals surface area contributed by atoms with Crippen LogP contribution in [0.4, 0.5) is 0 Å². The molecular formula is C17H20N2O. The van der Waals surface area contributed by atoms with Gasteiger partial charge < -0.3 is 10.5 Å². The molecule has 1 heterocycles. The molecular weight excluding hydrogens is 248 g/mol. The lowest BCUT2D eigenvalue weighted by molar-refractivity contribution is 0.333. The molecule has 3 heteroatoms. The second-order valence-electron chi connectivity index (χ2n) is 5.44. The molecule has 0 aliphatic heterocycles. The molecule has 3 rings (SSSR count). The molecule has 0 spiro atoms. The standard InChI is InChI=1S/C17H20N2O/c1-2-20-16-9-15(11-19-12-16)17(18)8-7-13-5-3-4-6-14(13)10-17/h3-6,9,11-12H,2,7-8,10,18H2,1H3. The topological polar surface area (TPSA) is 48.1 Å². The zero-order valence-corrected chi connectivity index (χ0v) is 11.8. The summed E-state index contributed by atoms with van der Waals surface area (Å²) in [6.45, 7) is 2.62. The summed E-state index contributed by atoms with van der Waals surface area (Å²) in [6.07, 6.45) is 6.44. The first-order valence-electron chi connectivity index (χ1n) is 7.15. The first kappa shape index (κ1) is 13.1. The van der Waals surface area contributed by atoms with E-state index in [1.807, 2.05) is 19.2 Å². The lowest BCUT2D eigenvalue weighted by Gasteiger charge is -2.35. The van der Waals surface area contributed by atoms with Crippen LogP contribution in [-0.2, 0) is 18.4 Å². The number of benzene rings is 1. The molecule has 0 bridgehead atoms. The predicted octanol–water partition coefficient (Wildman–Crippen LogP) is 2.82. The van der Waals surface area contributed by atoms with Crippen LogP contribution in [0.3, 0.4) is 0 Å².